The van der Waals surface area contributed by atoms with Gasteiger partial charge >= 0.3 is 0 Å². The van der Waals surface area contributed by atoms with Crippen molar-refractivity contribution in [1.29, 1.82) is 0 Å². The van der Waals surface area contributed by atoms with Crippen molar-refractivity contribution in [2.75, 3.05) is 37.7 Å². The Bertz CT molecular complexity index is 1170. The standard InChI is InChI=1S/C23H22N6O2/c30-23(16-31-20-6-5-18-3-1-2-4-19(18)15-20)28-13-11-27(12-14-28)21-7-8-22(26-25-21)29-10-9-24-17-29/h1-10,15,17H,11-14,16H2. The van der Waals surface area contributed by atoms with Crippen LogP contribution in [-0.2, 0) is 4.79 Å². The van der Waals surface area contributed by atoms with E-state index in [1.165, 1.54) is 0 Å². The fourth-order valence-electron chi connectivity index (χ4n) is 3.70. The number of carbonyl (C=O) groups excluding carboxylic acids is 1. The average Bonchev–Trinajstić information content (AvgIpc) is 3.38. The molecule has 0 unspecified atom stereocenters. The maximum atomic E-state index is 12.6. The molecule has 1 aliphatic rings. The van der Waals surface area contributed by atoms with Crippen LogP contribution in [0.2, 0.25) is 0 Å². The first-order valence-corrected chi connectivity index (χ1v) is 10.2. The van der Waals surface area contributed by atoms with Crippen LogP contribution in [0.1, 0.15) is 0 Å². The lowest BCUT2D eigenvalue weighted by Crippen LogP contribution is -2.50. The minimum Gasteiger partial charge on any atom is -0.484 e. The van der Waals surface area contributed by atoms with E-state index in [1.807, 2.05) is 64.2 Å². The maximum absolute atomic E-state index is 12.6. The van der Waals surface area contributed by atoms with Crippen LogP contribution in [0.5, 0.6) is 5.75 Å². The summed E-state index contributed by atoms with van der Waals surface area (Å²) in [7, 11) is 0. The zero-order valence-electron chi connectivity index (χ0n) is 17.0. The minimum atomic E-state index is -0.00523. The number of carbonyl (C=O) groups is 1. The highest BCUT2D eigenvalue weighted by Crippen LogP contribution is 2.21. The minimum absolute atomic E-state index is 0.00523. The molecular weight excluding hydrogens is 392 g/mol. The van der Waals surface area contributed by atoms with Gasteiger partial charge in [-0.15, -0.1) is 10.2 Å². The molecule has 0 saturated carbocycles. The third-order valence-corrected chi connectivity index (χ3v) is 5.44. The predicted molar refractivity (Wildman–Crippen MR) is 117 cm³/mol. The molecule has 156 valence electrons. The molecule has 5 rings (SSSR count). The number of nitrogens with zero attached hydrogens (tertiary/aromatic N) is 6. The van der Waals surface area contributed by atoms with Gasteiger partial charge in [0.05, 0.1) is 0 Å². The van der Waals surface area contributed by atoms with Crippen LogP contribution >= 0.6 is 0 Å². The number of anilines is 1. The van der Waals surface area contributed by atoms with E-state index in [2.05, 4.69) is 26.1 Å². The van der Waals surface area contributed by atoms with Gasteiger partial charge in [0.2, 0.25) is 0 Å². The molecule has 0 radical (unpaired) electrons. The molecule has 31 heavy (non-hydrogen) atoms. The molecule has 0 atom stereocenters. The van der Waals surface area contributed by atoms with Gasteiger partial charge in [-0.2, -0.15) is 0 Å². The largest absolute Gasteiger partial charge is 0.484 e. The van der Waals surface area contributed by atoms with Crippen molar-refractivity contribution in [3.05, 3.63) is 73.3 Å². The van der Waals surface area contributed by atoms with E-state index in [0.717, 1.165) is 22.4 Å². The summed E-state index contributed by atoms with van der Waals surface area (Å²) >= 11 is 0. The molecule has 8 heteroatoms. The second kappa shape index (κ2) is 8.43. The Balaban J connectivity index is 1.14. The van der Waals surface area contributed by atoms with E-state index >= 15 is 0 Å². The van der Waals surface area contributed by atoms with Gasteiger partial charge in [0.1, 0.15) is 12.1 Å². The monoisotopic (exact) mass is 414 g/mol. The van der Waals surface area contributed by atoms with Gasteiger partial charge in [0.25, 0.3) is 5.91 Å². The van der Waals surface area contributed by atoms with E-state index < -0.39 is 0 Å². The van der Waals surface area contributed by atoms with Crippen molar-refractivity contribution in [2.45, 2.75) is 0 Å². The molecule has 0 aliphatic carbocycles. The topological polar surface area (TPSA) is 76.4 Å². The van der Waals surface area contributed by atoms with E-state index in [4.69, 9.17) is 4.74 Å². The van der Waals surface area contributed by atoms with Gasteiger partial charge in [0, 0.05) is 38.6 Å². The first kappa shape index (κ1) is 19.0. The van der Waals surface area contributed by atoms with Crippen LogP contribution in [0.15, 0.2) is 73.3 Å². The number of hydrogen-bond donors (Lipinski definition) is 0. The van der Waals surface area contributed by atoms with E-state index in [9.17, 15) is 4.79 Å². The van der Waals surface area contributed by atoms with Crippen LogP contribution in [0.25, 0.3) is 16.6 Å². The summed E-state index contributed by atoms with van der Waals surface area (Å²) in [5, 5.41) is 10.8. The summed E-state index contributed by atoms with van der Waals surface area (Å²) in [6.07, 6.45) is 5.22. The first-order valence-electron chi connectivity index (χ1n) is 10.2. The van der Waals surface area contributed by atoms with E-state index in [1.54, 1.807) is 12.5 Å². The Morgan fingerprint density at radius 3 is 2.42 bits per heavy atom. The summed E-state index contributed by atoms with van der Waals surface area (Å²) in [5.74, 6) is 2.23. The number of ether oxygens (including phenoxy) is 1. The van der Waals surface area contributed by atoms with Crippen LogP contribution in [0.3, 0.4) is 0 Å². The number of fused-ring (bicyclic) bond motifs is 1. The number of benzene rings is 2. The van der Waals surface area contributed by atoms with Gasteiger partial charge in [-0.3, -0.25) is 9.36 Å². The second-order valence-corrected chi connectivity index (χ2v) is 7.39. The fraction of sp³-hybridized carbons (Fsp3) is 0.217. The molecule has 2 aromatic heterocycles. The average molecular weight is 414 g/mol. The van der Waals surface area contributed by atoms with E-state index in [-0.39, 0.29) is 12.5 Å². The number of imidazole rings is 1. The van der Waals surface area contributed by atoms with Gasteiger partial charge in [-0.1, -0.05) is 30.3 Å². The molecule has 1 aliphatic heterocycles. The molecule has 0 spiro atoms. The Kier molecular flexibility index (Phi) is 5.18. The van der Waals surface area contributed by atoms with Crippen molar-refractivity contribution in [3.63, 3.8) is 0 Å². The number of amides is 1. The lowest BCUT2D eigenvalue weighted by atomic mass is 10.1. The predicted octanol–water partition coefficient (Wildman–Crippen LogP) is 2.54. The summed E-state index contributed by atoms with van der Waals surface area (Å²) in [6.45, 7) is 2.72. The highest BCUT2D eigenvalue weighted by atomic mass is 16.5. The maximum Gasteiger partial charge on any atom is 0.260 e. The number of aromatic nitrogens is 4. The highest BCUT2D eigenvalue weighted by Gasteiger charge is 2.22. The molecule has 8 nitrogen and oxygen atoms in total. The summed E-state index contributed by atoms with van der Waals surface area (Å²) in [6, 6.07) is 17.8. The summed E-state index contributed by atoms with van der Waals surface area (Å²) < 4.78 is 7.56. The SMILES string of the molecule is O=C(COc1ccc2ccccc2c1)N1CCN(c2ccc(-n3ccnc3)nn2)CC1. The number of hydrogen-bond acceptors (Lipinski definition) is 6. The molecule has 1 fully saturated rings. The third-order valence-electron chi connectivity index (χ3n) is 5.44. The molecule has 1 saturated heterocycles. The van der Waals surface area contributed by atoms with Crippen LogP contribution < -0.4 is 9.64 Å². The van der Waals surface area contributed by atoms with E-state index in [0.29, 0.717) is 31.9 Å². The van der Waals surface area contributed by atoms with Gasteiger partial charge in [0.15, 0.2) is 18.2 Å². The zero-order valence-corrected chi connectivity index (χ0v) is 17.0. The highest BCUT2D eigenvalue weighted by molar-refractivity contribution is 5.84. The van der Waals surface area contributed by atoms with Gasteiger partial charge in [-0.05, 0) is 35.0 Å². The Hall–Kier alpha value is -3.94. The van der Waals surface area contributed by atoms with Crippen molar-refractivity contribution < 1.29 is 9.53 Å². The number of piperazine rings is 1. The Morgan fingerprint density at radius 2 is 1.68 bits per heavy atom. The van der Waals surface area contributed by atoms with Crippen LogP contribution in [0.4, 0.5) is 5.82 Å². The van der Waals surface area contributed by atoms with Crippen molar-refractivity contribution >= 4 is 22.5 Å². The van der Waals surface area contributed by atoms with Gasteiger partial charge in [-0.25, -0.2) is 4.98 Å². The Morgan fingerprint density at radius 1 is 0.903 bits per heavy atom. The smallest absolute Gasteiger partial charge is 0.260 e. The first-order chi connectivity index (χ1) is 15.3. The van der Waals surface area contributed by atoms with Crippen molar-refractivity contribution in [3.8, 4) is 11.6 Å². The van der Waals surface area contributed by atoms with Gasteiger partial charge < -0.3 is 14.5 Å². The Labute approximate surface area is 179 Å². The molecule has 4 aromatic rings. The van der Waals surface area contributed by atoms with Crippen molar-refractivity contribution in [2.24, 2.45) is 0 Å². The molecule has 2 aromatic carbocycles. The fourth-order valence-corrected chi connectivity index (χ4v) is 3.70. The zero-order chi connectivity index (χ0) is 21.0. The molecular formula is C23H22N6O2. The lowest BCUT2D eigenvalue weighted by Gasteiger charge is -2.35. The number of rotatable bonds is 5. The lowest BCUT2D eigenvalue weighted by molar-refractivity contribution is -0.133. The van der Waals surface area contributed by atoms with Crippen LogP contribution in [-0.4, -0.2) is 63.3 Å². The summed E-state index contributed by atoms with van der Waals surface area (Å²) in [5.41, 5.74) is 0. The summed E-state index contributed by atoms with van der Waals surface area (Å²) in [4.78, 5) is 20.6. The molecule has 0 N–H and O–H groups in total. The third kappa shape index (κ3) is 4.18. The van der Waals surface area contributed by atoms with Crippen LogP contribution in [0, 0.1) is 0 Å². The quantitative estimate of drug-likeness (QED) is 0.500. The molecule has 3 heterocycles. The normalized spacial score (nSPS) is 14.1. The molecule has 1 amide bonds. The molecule has 0 bridgehead atoms. The second-order valence-electron chi connectivity index (χ2n) is 7.39. The van der Waals surface area contributed by atoms with Crippen molar-refractivity contribution in [1.82, 2.24) is 24.6 Å².